The van der Waals surface area contributed by atoms with Crippen molar-refractivity contribution in [2.24, 2.45) is 0 Å². The first kappa shape index (κ1) is 13.1. The van der Waals surface area contributed by atoms with Crippen molar-refractivity contribution >= 4 is 23.0 Å². The van der Waals surface area contributed by atoms with Gasteiger partial charge in [-0.2, -0.15) is 9.61 Å². The highest BCUT2D eigenvalue weighted by Gasteiger charge is 2.22. The standard InChI is InChI=1S/C16H16FN5/c1-10-2-5-12(17)13(8-10)20-14-9-16(19-11-3-4-11)22-15(21-14)6-7-18-22/h2,5-9,11,19H,3-4H2,1H3,(H,20,21). The van der Waals surface area contributed by atoms with Crippen molar-refractivity contribution in [3.8, 4) is 0 Å². The summed E-state index contributed by atoms with van der Waals surface area (Å²) in [6, 6.07) is 9.16. The van der Waals surface area contributed by atoms with Gasteiger partial charge in [0.1, 0.15) is 17.5 Å². The van der Waals surface area contributed by atoms with E-state index in [9.17, 15) is 4.39 Å². The van der Waals surface area contributed by atoms with Crippen LogP contribution in [0.15, 0.2) is 36.5 Å². The summed E-state index contributed by atoms with van der Waals surface area (Å²) < 4.78 is 15.7. The molecule has 1 aliphatic carbocycles. The lowest BCUT2D eigenvalue weighted by Gasteiger charge is -2.12. The van der Waals surface area contributed by atoms with E-state index in [-0.39, 0.29) is 5.82 Å². The zero-order chi connectivity index (χ0) is 15.1. The molecule has 1 saturated carbocycles. The largest absolute Gasteiger partial charge is 0.367 e. The molecule has 2 heterocycles. The molecule has 0 radical (unpaired) electrons. The number of benzene rings is 1. The van der Waals surface area contributed by atoms with Gasteiger partial charge in [0.15, 0.2) is 5.65 Å². The molecule has 0 aliphatic heterocycles. The molecule has 5 nitrogen and oxygen atoms in total. The van der Waals surface area contributed by atoms with Crippen LogP contribution in [-0.2, 0) is 0 Å². The topological polar surface area (TPSA) is 54.2 Å². The molecule has 112 valence electrons. The summed E-state index contributed by atoms with van der Waals surface area (Å²) in [7, 11) is 0. The van der Waals surface area contributed by atoms with Gasteiger partial charge in [0.25, 0.3) is 0 Å². The lowest BCUT2D eigenvalue weighted by molar-refractivity contribution is 0.631. The van der Waals surface area contributed by atoms with Crippen molar-refractivity contribution in [1.29, 1.82) is 0 Å². The van der Waals surface area contributed by atoms with Gasteiger partial charge in [-0.15, -0.1) is 0 Å². The molecule has 0 amide bonds. The summed E-state index contributed by atoms with van der Waals surface area (Å²) in [5.74, 6) is 1.17. The zero-order valence-corrected chi connectivity index (χ0v) is 12.2. The van der Waals surface area contributed by atoms with Gasteiger partial charge in [-0.1, -0.05) is 6.07 Å². The van der Waals surface area contributed by atoms with Crippen LogP contribution in [0.25, 0.3) is 5.65 Å². The van der Waals surface area contributed by atoms with E-state index in [2.05, 4.69) is 20.7 Å². The van der Waals surface area contributed by atoms with Crippen LogP contribution in [0.2, 0.25) is 0 Å². The second kappa shape index (κ2) is 4.98. The van der Waals surface area contributed by atoms with E-state index < -0.39 is 0 Å². The zero-order valence-electron chi connectivity index (χ0n) is 12.2. The van der Waals surface area contributed by atoms with Crippen LogP contribution in [0, 0.1) is 12.7 Å². The van der Waals surface area contributed by atoms with E-state index in [4.69, 9.17) is 0 Å². The van der Waals surface area contributed by atoms with Crippen LogP contribution in [0.3, 0.4) is 0 Å². The molecule has 0 atom stereocenters. The lowest BCUT2D eigenvalue weighted by atomic mass is 10.2. The van der Waals surface area contributed by atoms with E-state index in [1.807, 2.05) is 19.1 Å². The predicted octanol–water partition coefficient (Wildman–Crippen LogP) is 3.49. The highest BCUT2D eigenvalue weighted by molar-refractivity contribution is 5.64. The average Bonchev–Trinajstić information content (AvgIpc) is 3.17. The molecular weight excluding hydrogens is 281 g/mol. The molecule has 6 heteroatoms. The minimum Gasteiger partial charge on any atom is -0.367 e. The Hall–Kier alpha value is -2.63. The number of aryl methyl sites for hydroxylation is 1. The minimum absolute atomic E-state index is 0.294. The van der Waals surface area contributed by atoms with Crippen molar-refractivity contribution in [1.82, 2.24) is 14.6 Å². The first-order valence-corrected chi connectivity index (χ1v) is 7.33. The minimum atomic E-state index is -0.294. The Bertz CT molecular complexity index is 838. The molecular formula is C16H16FN5. The summed E-state index contributed by atoms with van der Waals surface area (Å²) in [5, 5.41) is 10.8. The number of nitrogens with zero attached hydrogens (tertiary/aromatic N) is 3. The van der Waals surface area contributed by atoms with Crippen LogP contribution < -0.4 is 10.6 Å². The smallest absolute Gasteiger partial charge is 0.159 e. The molecule has 2 N–H and O–H groups in total. The number of fused-ring (bicyclic) bond motifs is 1. The number of anilines is 3. The molecule has 1 fully saturated rings. The van der Waals surface area contributed by atoms with Crippen LogP contribution in [-0.4, -0.2) is 20.6 Å². The molecule has 22 heavy (non-hydrogen) atoms. The summed E-state index contributed by atoms with van der Waals surface area (Å²) >= 11 is 0. The molecule has 4 rings (SSSR count). The molecule has 1 aromatic carbocycles. The SMILES string of the molecule is Cc1ccc(F)c(Nc2cc(NC3CC3)n3nccc3n2)c1. The van der Waals surface area contributed by atoms with E-state index in [1.165, 1.54) is 18.9 Å². The summed E-state index contributed by atoms with van der Waals surface area (Å²) in [6.45, 7) is 1.93. The Labute approximate surface area is 127 Å². The fourth-order valence-electron chi connectivity index (χ4n) is 2.39. The Morgan fingerprint density at radius 3 is 2.91 bits per heavy atom. The van der Waals surface area contributed by atoms with Gasteiger partial charge >= 0.3 is 0 Å². The molecule has 2 aromatic heterocycles. The fraction of sp³-hybridized carbons (Fsp3) is 0.250. The van der Waals surface area contributed by atoms with Crippen LogP contribution in [0.1, 0.15) is 18.4 Å². The van der Waals surface area contributed by atoms with Crippen molar-refractivity contribution in [3.63, 3.8) is 0 Å². The number of hydrogen-bond acceptors (Lipinski definition) is 4. The third kappa shape index (κ3) is 2.47. The van der Waals surface area contributed by atoms with Crippen molar-refractivity contribution < 1.29 is 4.39 Å². The predicted molar refractivity (Wildman–Crippen MR) is 84.1 cm³/mol. The number of rotatable bonds is 4. The second-order valence-electron chi connectivity index (χ2n) is 5.65. The Morgan fingerprint density at radius 1 is 1.23 bits per heavy atom. The first-order valence-electron chi connectivity index (χ1n) is 7.33. The van der Waals surface area contributed by atoms with E-state index in [1.54, 1.807) is 22.8 Å². The van der Waals surface area contributed by atoms with Crippen molar-refractivity contribution in [2.75, 3.05) is 10.6 Å². The fourth-order valence-corrected chi connectivity index (χ4v) is 2.39. The van der Waals surface area contributed by atoms with E-state index in [0.29, 0.717) is 17.5 Å². The number of aromatic nitrogens is 3. The molecule has 3 aromatic rings. The van der Waals surface area contributed by atoms with Crippen molar-refractivity contribution in [3.05, 3.63) is 47.9 Å². The van der Waals surface area contributed by atoms with Gasteiger partial charge < -0.3 is 10.6 Å². The highest BCUT2D eigenvalue weighted by atomic mass is 19.1. The lowest BCUT2D eigenvalue weighted by Crippen LogP contribution is -2.09. The van der Waals surface area contributed by atoms with Gasteiger partial charge in [-0.25, -0.2) is 9.37 Å². The Morgan fingerprint density at radius 2 is 2.09 bits per heavy atom. The quantitative estimate of drug-likeness (QED) is 0.774. The average molecular weight is 297 g/mol. The normalized spacial score (nSPS) is 14.3. The Kier molecular flexibility index (Phi) is 2.96. The molecule has 1 aliphatic rings. The highest BCUT2D eigenvalue weighted by Crippen LogP contribution is 2.27. The number of halogens is 1. The van der Waals surface area contributed by atoms with Gasteiger partial charge in [0.2, 0.25) is 0 Å². The summed E-state index contributed by atoms with van der Waals surface area (Å²) in [4.78, 5) is 4.47. The molecule has 0 spiro atoms. The molecule has 0 bridgehead atoms. The van der Waals surface area contributed by atoms with Crippen LogP contribution >= 0.6 is 0 Å². The summed E-state index contributed by atoms with van der Waals surface area (Å²) in [6.07, 6.45) is 4.04. The van der Waals surface area contributed by atoms with Gasteiger partial charge in [0.05, 0.1) is 11.9 Å². The maximum absolute atomic E-state index is 13.9. The third-order valence-electron chi connectivity index (χ3n) is 3.67. The van der Waals surface area contributed by atoms with E-state index in [0.717, 1.165) is 17.0 Å². The first-order chi connectivity index (χ1) is 10.7. The summed E-state index contributed by atoms with van der Waals surface area (Å²) in [5.41, 5.74) is 2.14. The van der Waals surface area contributed by atoms with Gasteiger partial charge in [0, 0.05) is 18.2 Å². The molecule has 0 saturated heterocycles. The number of hydrogen-bond donors (Lipinski definition) is 2. The second-order valence-corrected chi connectivity index (χ2v) is 5.65. The monoisotopic (exact) mass is 297 g/mol. The third-order valence-corrected chi connectivity index (χ3v) is 3.67. The van der Waals surface area contributed by atoms with E-state index >= 15 is 0 Å². The van der Waals surface area contributed by atoms with Crippen LogP contribution in [0.4, 0.5) is 21.7 Å². The maximum Gasteiger partial charge on any atom is 0.159 e. The Balaban J connectivity index is 1.72. The maximum atomic E-state index is 13.9. The number of nitrogens with one attached hydrogen (secondary N) is 2. The molecule has 0 unspecified atom stereocenters. The van der Waals surface area contributed by atoms with Gasteiger partial charge in [-0.3, -0.25) is 0 Å². The van der Waals surface area contributed by atoms with Crippen molar-refractivity contribution in [2.45, 2.75) is 25.8 Å². The van der Waals surface area contributed by atoms with Crippen LogP contribution in [0.5, 0.6) is 0 Å². The van der Waals surface area contributed by atoms with Gasteiger partial charge in [-0.05, 0) is 37.5 Å².